The van der Waals surface area contributed by atoms with Crippen molar-refractivity contribution in [3.63, 3.8) is 0 Å². The molecule has 1 aromatic rings. The molecule has 1 aromatic heterocycles. The van der Waals surface area contributed by atoms with E-state index in [1.54, 1.807) is 6.07 Å². The number of hydrogen-bond donors (Lipinski definition) is 0. The molecule has 0 bridgehead atoms. The Hall–Kier alpha value is -0.900. The lowest BCUT2D eigenvalue weighted by Gasteiger charge is -1.98. The van der Waals surface area contributed by atoms with Crippen molar-refractivity contribution in [2.75, 3.05) is 6.26 Å². The predicted octanol–water partition coefficient (Wildman–Crippen LogP) is 0.935. The van der Waals surface area contributed by atoms with Gasteiger partial charge in [0.2, 0.25) is 0 Å². The van der Waals surface area contributed by atoms with Gasteiger partial charge in [0.15, 0.2) is 9.84 Å². The van der Waals surface area contributed by atoms with E-state index < -0.39 is 9.84 Å². The van der Waals surface area contributed by atoms with Crippen LogP contribution < -0.4 is 0 Å². The van der Waals surface area contributed by atoms with E-state index >= 15 is 0 Å². The molecule has 0 N–H and O–H groups in total. The Bertz CT molecular complexity index is 370. The summed E-state index contributed by atoms with van der Waals surface area (Å²) in [6.45, 7) is 1.84. The first-order chi connectivity index (χ1) is 5.47. The van der Waals surface area contributed by atoms with Crippen molar-refractivity contribution in [1.82, 2.24) is 4.98 Å². The van der Waals surface area contributed by atoms with Crippen LogP contribution in [0.1, 0.15) is 11.4 Å². The second-order valence-electron chi connectivity index (χ2n) is 2.84. The van der Waals surface area contributed by atoms with Crippen LogP contribution in [0.4, 0.5) is 0 Å². The van der Waals surface area contributed by atoms with Crippen LogP contribution in [0.3, 0.4) is 0 Å². The van der Waals surface area contributed by atoms with E-state index in [4.69, 9.17) is 0 Å². The number of aromatic nitrogens is 1. The van der Waals surface area contributed by atoms with Crippen molar-refractivity contribution in [2.45, 2.75) is 12.7 Å². The Morgan fingerprint density at radius 3 is 2.58 bits per heavy atom. The Kier molecular flexibility index (Phi) is 2.47. The van der Waals surface area contributed by atoms with E-state index in [2.05, 4.69) is 4.98 Å². The Morgan fingerprint density at radius 1 is 1.42 bits per heavy atom. The van der Waals surface area contributed by atoms with E-state index in [0.717, 1.165) is 5.69 Å². The van der Waals surface area contributed by atoms with Gasteiger partial charge in [-0.25, -0.2) is 8.42 Å². The summed E-state index contributed by atoms with van der Waals surface area (Å²) in [6, 6.07) is 5.36. The molecule has 0 atom stereocenters. The van der Waals surface area contributed by atoms with Crippen LogP contribution in [0.25, 0.3) is 0 Å². The van der Waals surface area contributed by atoms with Gasteiger partial charge in [-0.1, -0.05) is 6.07 Å². The fourth-order valence-electron chi connectivity index (χ4n) is 0.949. The van der Waals surface area contributed by atoms with Gasteiger partial charge in [0, 0.05) is 11.9 Å². The predicted molar refractivity (Wildman–Crippen MR) is 47.5 cm³/mol. The molecule has 0 radical (unpaired) electrons. The molecular weight excluding hydrogens is 174 g/mol. The molecule has 1 heterocycles. The minimum absolute atomic E-state index is 0.0225. The third-order valence-electron chi connectivity index (χ3n) is 1.36. The molecule has 0 amide bonds. The summed E-state index contributed by atoms with van der Waals surface area (Å²) in [6.07, 6.45) is 1.21. The lowest BCUT2D eigenvalue weighted by molar-refractivity contribution is 0.600. The minimum atomic E-state index is -2.96. The van der Waals surface area contributed by atoms with E-state index in [1.807, 2.05) is 19.1 Å². The largest absolute Gasteiger partial charge is 0.257 e. The molecule has 1 rings (SSSR count). The summed E-state index contributed by atoms with van der Waals surface area (Å²) in [7, 11) is -2.96. The zero-order chi connectivity index (χ0) is 9.19. The summed E-state index contributed by atoms with van der Waals surface area (Å²) in [5.74, 6) is 0.0225. The maximum absolute atomic E-state index is 10.9. The first-order valence-electron chi connectivity index (χ1n) is 3.58. The Balaban J connectivity index is 2.91. The molecule has 3 nitrogen and oxygen atoms in total. The van der Waals surface area contributed by atoms with Crippen molar-refractivity contribution in [2.24, 2.45) is 0 Å². The fourth-order valence-corrected chi connectivity index (χ4v) is 1.65. The van der Waals surface area contributed by atoms with Crippen LogP contribution in [-0.4, -0.2) is 19.7 Å². The van der Waals surface area contributed by atoms with Crippen LogP contribution in [0, 0.1) is 6.92 Å². The molecule has 12 heavy (non-hydrogen) atoms. The summed E-state index contributed by atoms with van der Waals surface area (Å²) < 4.78 is 21.7. The highest BCUT2D eigenvalue weighted by molar-refractivity contribution is 7.89. The van der Waals surface area contributed by atoms with Crippen molar-refractivity contribution >= 4 is 9.84 Å². The third-order valence-corrected chi connectivity index (χ3v) is 2.18. The molecule has 0 aliphatic carbocycles. The quantitative estimate of drug-likeness (QED) is 0.688. The van der Waals surface area contributed by atoms with E-state index in [-0.39, 0.29) is 5.75 Å². The minimum Gasteiger partial charge on any atom is -0.257 e. The monoisotopic (exact) mass is 185 g/mol. The molecule has 0 saturated heterocycles. The van der Waals surface area contributed by atoms with Gasteiger partial charge in [0.05, 0.1) is 11.4 Å². The summed E-state index contributed by atoms with van der Waals surface area (Å²) in [5, 5.41) is 0. The Labute approximate surface area is 72.4 Å². The molecule has 0 aromatic carbocycles. The van der Waals surface area contributed by atoms with E-state index in [0.29, 0.717) is 5.69 Å². The molecule has 0 aliphatic rings. The zero-order valence-corrected chi connectivity index (χ0v) is 7.93. The number of aryl methyl sites for hydroxylation is 1. The van der Waals surface area contributed by atoms with Gasteiger partial charge in [0.1, 0.15) is 0 Å². The number of pyridine rings is 1. The molecule has 0 saturated carbocycles. The Morgan fingerprint density at radius 2 is 2.08 bits per heavy atom. The van der Waals surface area contributed by atoms with Crippen LogP contribution >= 0.6 is 0 Å². The average molecular weight is 185 g/mol. The first-order valence-corrected chi connectivity index (χ1v) is 5.64. The van der Waals surface area contributed by atoms with Crippen LogP contribution in [0.15, 0.2) is 18.2 Å². The van der Waals surface area contributed by atoms with Crippen molar-refractivity contribution in [3.05, 3.63) is 29.6 Å². The van der Waals surface area contributed by atoms with Gasteiger partial charge in [-0.3, -0.25) is 4.98 Å². The highest BCUT2D eigenvalue weighted by Crippen LogP contribution is 2.02. The summed E-state index contributed by atoms with van der Waals surface area (Å²) in [5.41, 5.74) is 1.45. The highest BCUT2D eigenvalue weighted by Gasteiger charge is 2.04. The molecule has 66 valence electrons. The van der Waals surface area contributed by atoms with Crippen molar-refractivity contribution in [1.29, 1.82) is 0 Å². The van der Waals surface area contributed by atoms with Crippen LogP contribution in [0.2, 0.25) is 0 Å². The lowest BCUT2D eigenvalue weighted by Crippen LogP contribution is -2.02. The smallest absolute Gasteiger partial charge is 0.153 e. The van der Waals surface area contributed by atoms with E-state index in [1.165, 1.54) is 6.26 Å². The number of nitrogens with zero attached hydrogens (tertiary/aromatic N) is 1. The molecule has 0 spiro atoms. The molecule has 4 heteroatoms. The summed E-state index contributed by atoms with van der Waals surface area (Å²) >= 11 is 0. The number of sulfone groups is 1. The van der Waals surface area contributed by atoms with Gasteiger partial charge in [-0.2, -0.15) is 0 Å². The second kappa shape index (κ2) is 3.23. The standard InChI is InChI=1S/C8H11NO2S/c1-7-4-3-5-8(9-7)6-12(2,10)11/h3-5H,6H2,1-2H3. The maximum atomic E-state index is 10.9. The van der Waals surface area contributed by atoms with Crippen LogP contribution in [0.5, 0.6) is 0 Å². The maximum Gasteiger partial charge on any atom is 0.153 e. The molecule has 0 aliphatic heterocycles. The van der Waals surface area contributed by atoms with Crippen molar-refractivity contribution in [3.8, 4) is 0 Å². The average Bonchev–Trinajstić information content (AvgIpc) is 1.82. The molecule has 0 unspecified atom stereocenters. The highest BCUT2D eigenvalue weighted by atomic mass is 32.2. The van der Waals surface area contributed by atoms with Gasteiger partial charge in [0.25, 0.3) is 0 Å². The van der Waals surface area contributed by atoms with Crippen LogP contribution in [-0.2, 0) is 15.6 Å². The fraction of sp³-hybridized carbons (Fsp3) is 0.375. The van der Waals surface area contributed by atoms with Gasteiger partial charge in [-0.15, -0.1) is 0 Å². The van der Waals surface area contributed by atoms with Gasteiger partial charge >= 0.3 is 0 Å². The topological polar surface area (TPSA) is 47.0 Å². The summed E-state index contributed by atoms with van der Waals surface area (Å²) in [4.78, 5) is 4.08. The number of rotatable bonds is 2. The second-order valence-corrected chi connectivity index (χ2v) is 4.98. The van der Waals surface area contributed by atoms with Gasteiger partial charge in [-0.05, 0) is 19.1 Å². The number of hydrogen-bond acceptors (Lipinski definition) is 3. The zero-order valence-electron chi connectivity index (χ0n) is 7.11. The molecule has 0 fully saturated rings. The lowest BCUT2D eigenvalue weighted by atomic mass is 10.3. The first kappa shape index (κ1) is 9.19. The van der Waals surface area contributed by atoms with Gasteiger partial charge < -0.3 is 0 Å². The normalized spacial score (nSPS) is 11.5. The van der Waals surface area contributed by atoms with E-state index in [9.17, 15) is 8.42 Å². The van der Waals surface area contributed by atoms with Crippen molar-refractivity contribution < 1.29 is 8.42 Å². The SMILES string of the molecule is Cc1cccc(CS(C)(=O)=O)n1. The third kappa shape index (κ3) is 3.00. The molecular formula is C8H11NO2S.